The lowest BCUT2D eigenvalue weighted by Gasteiger charge is -2.33. The maximum Gasteiger partial charge on any atom is 0.236 e. The van der Waals surface area contributed by atoms with Gasteiger partial charge in [-0.25, -0.2) is 0 Å². The van der Waals surface area contributed by atoms with Gasteiger partial charge in [-0.1, -0.05) is 6.92 Å². The second kappa shape index (κ2) is 8.51. The summed E-state index contributed by atoms with van der Waals surface area (Å²) in [6, 6.07) is 0.806. The number of hydrogen-bond acceptors (Lipinski definition) is 4. The highest BCUT2D eigenvalue weighted by Crippen LogP contribution is 2.10. The van der Waals surface area contributed by atoms with Crippen LogP contribution in [-0.2, 0) is 9.53 Å². The molecule has 0 spiro atoms. The molecule has 1 fully saturated rings. The van der Waals surface area contributed by atoms with E-state index in [4.69, 9.17) is 4.74 Å². The Morgan fingerprint density at radius 2 is 2.21 bits per heavy atom. The van der Waals surface area contributed by atoms with Gasteiger partial charge in [0.2, 0.25) is 5.91 Å². The Labute approximate surface area is 117 Å². The molecule has 0 aromatic heterocycles. The van der Waals surface area contributed by atoms with Crippen molar-refractivity contribution < 1.29 is 9.53 Å². The lowest BCUT2D eigenvalue weighted by atomic mass is 10.1. The van der Waals surface area contributed by atoms with Crippen LogP contribution in [0.25, 0.3) is 0 Å². The predicted octanol–water partition coefficient (Wildman–Crippen LogP) is 0.554. The van der Waals surface area contributed by atoms with Crippen LogP contribution in [0.5, 0.6) is 0 Å². The number of rotatable bonds is 7. The van der Waals surface area contributed by atoms with Crippen molar-refractivity contribution in [3.05, 3.63) is 0 Å². The highest BCUT2D eigenvalue weighted by atomic mass is 16.5. The van der Waals surface area contributed by atoms with Crippen molar-refractivity contribution in [1.29, 1.82) is 0 Å². The Bertz CT molecular complexity index is 265. The minimum absolute atomic E-state index is 0.174. The van der Waals surface area contributed by atoms with E-state index in [-0.39, 0.29) is 5.91 Å². The number of carbonyl (C=O) groups excluding carboxylic acids is 1. The molecule has 1 rings (SSSR count). The molecule has 112 valence electrons. The summed E-state index contributed by atoms with van der Waals surface area (Å²) in [5.74, 6) is 0.174. The molecular formula is C14H29N3O2. The Hall–Kier alpha value is -0.650. The lowest BCUT2D eigenvalue weighted by molar-refractivity contribution is -0.130. The summed E-state index contributed by atoms with van der Waals surface area (Å²) in [5.41, 5.74) is 0. The number of carbonyl (C=O) groups is 1. The third-order valence-corrected chi connectivity index (χ3v) is 3.60. The molecule has 0 aromatic rings. The number of nitrogens with zero attached hydrogens (tertiary/aromatic N) is 2. The first kappa shape index (κ1) is 16.4. The van der Waals surface area contributed by atoms with E-state index in [9.17, 15) is 4.79 Å². The van der Waals surface area contributed by atoms with Crippen LogP contribution in [0, 0.1) is 0 Å². The first-order chi connectivity index (χ1) is 9.04. The number of morpholine rings is 1. The van der Waals surface area contributed by atoms with E-state index < -0.39 is 0 Å². The average Bonchev–Trinajstić information content (AvgIpc) is 2.39. The summed E-state index contributed by atoms with van der Waals surface area (Å²) in [5, 5.41) is 3.48. The number of ether oxygens (including phenoxy) is 1. The molecule has 19 heavy (non-hydrogen) atoms. The zero-order chi connectivity index (χ0) is 14.3. The summed E-state index contributed by atoms with van der Waals surface area (Å²) >= 11 is 0. The van der Waals surface area contributed by atoms with E-state index in [1.54, 1.807) is 4.90 Å². The van der Waals surface area contributed by atoms with Crippen LogP contribution in [0.1, 0.15) is 26.7 Å². The normalized spacial score (nSPS) is 21.4. The summed E-state index contributed by atoms with van der Waals surface area (Å²) < 4.78 is 5.49. The maximum absolute atomic E-state index is 11.9. The van der Waals surface area contributed by atoms with E-state index in [1.165, 1.54) is 0 Å². The number of nitrogens with one attached hydrogen (secondary N) is 1. The SMILES string of the molecule is CCCN(CC(=O)N(C)C)C(C)CC1COCCN1. The molecule has 1 N–H and O–H groups in total. The van der Waals surface area contributed by atoms with Crippen molar-refractivity contribution in [1.82, 2.24) is 15.1 Å². The van der Waals surface area contributed by atoms with Crippen molar-refractivity contribution in [2.75, 3.05) is 46.9 Å². The average molecular weight is 271 g/mol. The number of amides is 1. The molecule has 0 radical (unpaired) electrons. The monoisotopic (exact) mass is 271 g/mol. The highest BCUT2D eigenvalue weighted by molar-refractivity contribution is 5.77. The number of likely N-dealkylation sites (N-methyl/N-ethyl adjacent to an activating group) is 1. The molecule has 0 aromatic carbocycles. The smallest absolute Gasteiger partial charge is 0.236 e. The summed E-state index contributed by atoms with van der Waals surface area (Å²) in [4.78, 5) is 15.8. The van der Waals surface area contributed by atoms with Gasteiger partial charge in [-0.3, -0.25) is 9.69 Å². The molecule has 1 saturated heterocycles. The minimum Gasteiger partial charge on any atom is -0.379 e. The van der Waals surface area contributed by atoms with Gasteiger partial charge >= 0.3 is 0 Å². The van der Waals surface area contributed by atoms with E-state index in [0.29, 0.717) is 18.6 Å². The van der Waals surface area contributed by atoms with Gasteiger partial charge < -0.3 is 15.0 Å². The molecule has 2 unspecified atom stereocenters. The van der Waals surface area contributed by atoms with Crippen molar-refractivity contribution in [3.63, 3.8) is 0 Å². The minimum atomic E-state index is 0.174. The van der Waals surface area contributed by atoms with Crippen LogP contribution >= 0.6 is 0 Å². The first-order valence-electron chi connectivity index (χ1n) is 7.30. The van der Waals surface area contributed by atoms with Crippen LogP contribution in [0.4, 0.5) is 0 Å². The van der Waals surface area contributed by atoms with Crippen molar-refractivity contribution in [2.24, 2.45) is 0 Å². The predicted molar refractivity (Wildman–Crippen MR) is 77.2 cm³/mol. The van der Waals surface area contributed by atoms with Gasteiger partial charge in [0.05, 0.1) is 19.8 Å². The second-order valence-corrected chi connectivity index (χ2v) is 5.57. The molecule has 5 nitrogen and oxygen atoms in total. The standard InChI is InChI=1S/C14H29N3O2/c1-5-7-17(10-14(18)16(3)4)12(2)9-13-11-19-8-6-15-13/h12-13,15H,5-11H2,1-4H3. The van der Waals surface area contributed by atoms with Gasteiger partial charge in [-0.15, -0.1) is 0 Å². The Morgan fingerprint density at radius 1 is 1.47 bits per heavy atom. The van der Waals surface area contributed by atoms with E-state index in [0.717, 1.165) is 39.1 Å². The van der Waals surface area contributed by atoms with Crippen LogP contribution in [-0.4, -0.2) is 74.7 Å². The van der Waals surface area contributed by atoms with Gasteiger partial charge in [0, 0.05) is 32.7 Å². The molecule has 0 bridgehead atoms. The maximum atomic E-state index is 11.9. The van der Waals surface area contributed by atoms with Crippen molar-refractivity contribution in [3.8, 4) is 0 Å². The fourth-order valence-electron chi connectivity index (χ4n) is 2.39. The third kappa shape index (κ3) is 5.89. The Kier molecular flexibility index (Phi) is 7.34. The zero-order valence-electron chi connectivity index (χ0n) is 12.8. The van der Waals surface area contributed by atoms with Gasteiger partial charge in [0.15, 0.2) is 0 Å². The van der Waals surface area contributed by atoms with Crippen LogP contribution in [0.3, 0.4) is 0 Å². The van der Waals surface area contributed by atoms with E-state index in [1.807, 2.05) is 14.1 Å². The molecule has 5 heteroatoms. The topological polar surface area (TPSA) is 44.8 Å². The van der Waals surface area contributed by atoms with Gasteiger partial charge in [-0.05, 0) is 26.3 Å². The van der Waals surface area contributed by atoms with Crippen LogP contribution in [0.15, 0.2) is 0 Å². The first-order valence-corrected chi connectivity index (χ1v) is 7.30. The van der Waals surface area contributed by atoms with Crippen molar-refractivity contribution >= 4 is 5.91 Å². The van der Waals surface area contributed by atoms with E-state index >= 15 is 0 Å². The molecular weight excluding hydrogens is 242 g/mol. The molecule has 0 saturated carbocycles. The second-order valence-electron chi connectivity index (χ2n) is 5.57. The van der Waals surface area contributed by atoms with Gasteiger partial charge in [-0.2, -0.15) is 0 Å². The lowest BCUT2D eigenvalue weighted by Crippen LogP contribution is -2.48. The molecule has 1 heterocycles. The highest BCUT2D eigenvalue weighted by Gasteiger charge is 2.22. The van der Waals surface area contributed by atoms with Crippen LogP contribution in [0.2, 0.25) is 0 Å². The molecule has 2 atom stereocenters. The molecule has 1 amide bonds. The van der Waals surface area contributed by atoms with Crippen molar-refractivity contribution in [2.45, 2.75) is 38.8 Å². The summed E-state index contributed by atoms with van der Waals surface area (Å²) in [6.45, 7) is 8.36. The molecule has 1 aliphatic rings. The zero-order valence-corrected chi connectivity index (χ0v) is 12.8. The number of hydrogen-bond donors (Lipinski definition) is 1. The summed E-state index contributed by atoms with van der Waals surface area (Å²) in [6.07, 6.45) is 2.10. The van der Waals surface area contributed by atoms with Crippen LogP contribution < -0.4 is 5.32 Å². The summed E-state index contributed by atoms with van der Waals surface area (Å²) in [7, 11) is 3.63. The fourth-order valence-corrected chi connectivity index (χ4v) is 2.39. The Balaban J connectivity index is 2.46. The molecule has 0 aliphatic carbocycles. The van der Waals surface area contributed by atoms with Gasteiger partial charge in [0.25, 0.3) is 0 Å². The quantitative estimate of drug-likeness (QED) is 0.735. The Morgan fingerprint density at radius 3 is 2.74 bits per heavy atom. The third-order valence-electron chi connectivity index (χ3n) is 3.60. The fraction of sp³-hybridized carbons (Fsp3) is 0.929. The molecule has 1 aliphatic heterocycles. The largest absolute Gasteiger partial charge is 0.379 e. The van der Waals surface area contributed by atoms with E-state index in [2.05, 4.69) is 24.1 Å². The van der Waals surface area contributed by atoms with Gasteiger partial charge in [0.1, 0.15) is 0 Å².